The first-order chi connectivity index (χ1) is 9.23. The summed E-state index contributed by atoms with van der Waals surface area (Å²) in [5, 5.41) is 0. The van der Waals surface area contributed by atoms with Gasteiger partial charge in [0, 0.05) is 25.2 Å². The van der Waals surface area contributed by atoms with E-state index in [2.05, 4.69) is 0 Å². The van der Waals surface area contributed by atoms with E-state index in [1.165, 1.54) is 20.8 Å². The van der Waals surface area contributed by atoms with Crippen LogP contribution in [0.2, 0.25) is 0 Å². The van der Waals surface area contributed by atoms with Crippen molar-refractivity contribution < 1.29 is 19.2 Å². The maximum absolute atomic E-state index is 11.8. The third-order valence-electron chi connectivity index (χ3n) is 3.48. The highest BCUT2D eigenvalue weighted by atomic mass is 16.1. The van der Waals surface area contributed by atoms with Gasteiger partial charge >= 0.3 is 0 Å². The highest BCUT2D eigenvalue weighted by molar-refractivity contribution is 5.83. The van der Waals surface area contributed by atoms with Crippen molar-refractivity contribution in [3.8, 4) is 0 Å². The summed E-state index contributed by atoms with van der Waals surface area (Å²) in [5.41, 5.74) is 0. The zero-order chi connectivity index (χ0) is 15.7. The summed E-state index contributed by atoms with van der Waals surface area (Å²) in [4.78, 5) is 45.3. The zero-order valence-electron chi connectivity index (χ0n) is 13.0. The van der Waals surface area contributed by atoms with E-state index in [9.17, 15) is 19.2 Å². The molecule has 0 aliphatic carbocycles. The number of rotatable bonds is 11. The lowest BCUT2D eigenvalue weighted by Gasteiger charge is -2.23. The number of unbranched alkanes of at least 4 members (excludes halogenated alkanes) is 1. The third-order valence-corrected chi connectivity index (χ3v) is 3.48. The summed E-state index contributed by atoms with van der Waals surface area (Å²) in [5.74, 6) is -0.263. The largest absolute Gasteiger partial charge is 0.300 e. The quantitative estimate of drug-likeness (QED) is 0.546. The van der Waals surface area contributed by atoms with E-state index in [0.717, 1.165) is 12.8 Å². The number of hydrogen-bond acceptors (Lipinski definition) is 4. The smallest absolute Gasteiger partial charge is 0.133 e. The fraction of sp³-hybridized carbons (Fsp3) is 0.750. The minimum atomic E-state index is -0.255. The van der Waals surface area contributed by atoms with E-state index in [1.54, 1.807) is 6.92 Å². The number of carbonyl (C=O) groups is 4. The molecule has 114 valence electrons. The van der Waals surface area contributed by atoms with Gasteiger partial charge in [-0.3, -0.25) is 4.79 Å². The average Bonchev–Trinajstić information content (AvgIpc) is 2.25. The maximum atomic E-state index is 11.8. The minimum absolute atomic E-state index is 0.00577. The van der Waals surface area contributed by atoms with Crippen LogP contribution < -0.4 is 0 Å². The number of hydrogen-bond donors (Lipinski definition) is 0. The van der Waals surface area contributed by atoms with E-state index >= 15 is 0 Å². The molecule has 0 fully saturated rings. The first kappa shape index (κ1) is 18.7. The Morgan fingerprint density at radius 2 is 1.25 bits per heavy atom. The second kappa shape index (κ2) is 9.56. The third kappa shape index (κ3) is 8.73. The highest BCUT2D eigenvalue weighted by Gasteiger charge is 2.27. The van der Waals surface area contributed by atoms with Crippen molar-refractivity contribution in [3.63, 3.8) is 0 Å². The van der Waals surface area contributed by atoms with Gasteiger partial charge in [0.05, 0.1) is 0 Å². The fourth-order valence-corrected chi connectivity index (χ4v) is 2.60. The Hall–Kier alpha value is -1.32. The predicted molar refractivity (Wildman–Crippen MR) is 77.4 cm³/mol. The second-order valence-electron chi connectivity index (χ2n) is 5.74. The van der Waals surface area contributed by atoms with Crippen LogP contribution in [-0.4, -0.2) is 23.1 Å². The van der Waals surface area contributed by atoms with E-state index in [-0.39, 0.29) is 47.8 Å². The molecular weight excluding hydrogens is 256 g/mol. The molecule has 4 nitrogen and oxygen atoms in total. The van der Waals surface area contributed by atoms with Crippen LogP contribution in [0.25, 0.3) is 0 Å². The van der Waals surface area contributed by atoms with Gasteiger partial charge in [0.25, 0.3) is 0 Å². The zero-order valence-corrected chi connectivity index (χ0v) is 13.0. The van der Waals surface area contributed by atoms with Crippen molar-refractivity contribution in [2.24, 2.45) is 11.8 Å². The molecule has 0 amide bonds. The molecule has 0 bridgehead atoms. The maximum Gasteiger partial charge on any atom is 0.133 e. The summed E-state index contributed by atoms with van der Waals surface area (Å²) in [6.45, 7) is 6.04. The summed E-state index contributed by atoms with van der Waals surface area (Å²) in [6, 6.07) is 0. The lowest BCUT2D eigenvalue weighted by Crippen LogP contribution is -2.25. The topological polar surface area (TPSA) is 68.3 Å². The molecule has 4 heteroatoms. The average molecular weight is 282 g/mol. The van der Waals surface area contributed by atoms with E-state index in [0.29, 0.717) is 12.8 Å². The van der Waals surface area contributed by atoms with Gasteiger partial charge in [0.1, 0.15) is 23.1 Å². The SMILES string of the molecule is CC(=O)CCCCC(C(C)=O)C(CC(C)=O)CC(C)=O. The standard InChI is InChI=1S/C16H26O4/c1-11(17)7-5-6-8-16(14(4)20)15(9-12(2)18)10-13(3)19/h15-16H,5-10H2,1-4H3. The molecule has 0 aromatic rings. The Labute approximate surface area is 121 Å². The Balaban J connectivity index is 4.62. The number of Topliss-reactive ketones (excluding diaryl/α,β-unsaturated/α-hetero) is 4. The minimum Gasteiger partial charge on any atom is -0.300 e. The van der Waals surface area contributed by atoms with Crippen LogP contribution in [0.4, 0.5) is 0 Å². The highest BCUT2D eigenvalue weighted by Crippen LogP contribution is 2.27. The molecule has 0 spiro atoms. The Morgan fingerprint density at radius 3 is 1.60 bits per heavy atom. The molecule has 0 heterocycles. The molecule has 20 heavy (non-hydrogen) atoms. The Kier molecular flexibility index (Phi) is 8.93. The normalized spacial score (nSPS) is 12.2. The molecule has 0 aliphatic rings. The van der Waals surface area contributed by atoms with Crippen molar-refractivity contribution in [3.05, 3.63) is 0 Å². The molecule has 0 saturated heterocycles. The van der Waals surface area contributed by atoms with Gasteiger partial charge in [-0.05, 0) is 46.5 Å². The second-order valence-corrected chi connectivity index (χ2v) is 5.74. The summed E-state index contributed by atoms with van der Waals surface area (Å²) < 4.78 is 0. The van der Waals surface area contributed by atoms with E-state index < -0.39 is 0 Å². The van der Waals surface area contributed by atoms with Crippen molar-refractivity contribution in [1.29, 1.82) is 0 Å². The molecule has 0 aliphatic heterocycles. The first-order valence-electron chi connectivity index (χ1n) is 7.22. The molecule has 0 aromatic heterocycles. The number of carbonyl (C=O) groups excluding carboxylic acids is 4. The van der Waals surface area contributed by atoms with E-state index in [1.807, 2.05) is 0 Å². The van der Waals surface area contributed by atoms with Crippen molar-refractivity contribution >= 4 is 23.1 Å². The van der Waals surface area contributed by atoms with Gasteiger partial charge in [0.2, 0.25) is 0 Å². The molecular formula is C16H26O4. The molecule has 0 aromatic carbocycles. The van der Waals surface area contributed by atoms with Crippen LogP contribution in [0.3, 0.4) is 0 Å². The molecule has 1 unspecified atom stereocenters. The van der Waals surface area contributed by atoms with Crippen LogP contribution in [-0.2, 0) is 19.2 Å². The van der Waals surface area contributed by atoms with Crippen LogP contribution in [0.5, 0.6) is 0 Å². The lowest BCUT2D eigenvalue weighted by atomic mass is 9.79. The van der Waals surface area contributed by atoms with Gasteiger partial charge in [-0.15, -0.1) is 0 Å². The molecule has 0 N–H and O–H groups in total. The Morgan fingerprint density at radius 1 is 0.750 bits per heavy atom. The monoisotopic (exact) mass is 282 g/mol. The van der Waals surface area contributed by atoms with Crippen molar-refractivity contribution in [2.45, 2.75) is 66.2 Å². The van der Waals surface area contributed by atoms with Crippen LogP contribution >= 0.6 is 0 Å². The van der Waals surface area contributed by atoms with Gasteiger partial charge in [-0.1, -0.05) is 6.42 Å². The van der Waals surface area contributed by atoms with Gasteiger partial charge in [0.15, 0.2) is 0 Å². The number of ketones is 4. The Bertz CT molecular complexity index is 355. The first-order valence-corrected chi connectivity index (χ1v) is 7.22. The molecule has 0 saturated carbocycles. The van der Waals surface area contributed by atoms with Crippen molar-refractivity contribution in [2.75, 3.05) is 0 Å². The van der Waals surface area contributed by atoms with Gasteiger partial charge in [-0.25, -0.2) is 0 Å². The lowest BCUT2D eigenvalue weighted by molar-refractivity contribution is -0.125. The van der Waals surface area contributed by atoms with Crippen LogP contribution in [0, 0.1) is 11.8 Å². The fourth-order valence-electron chi connectivity index (χ4n) is 2.60. The molecule has 0 rings (SSSR count). The van der Waals surface area contributed by atoms with Crippen molar-refractivity contribution in [1.82, 2.24) is 0 Å². The van der Waals surface area contributed by atoms with E-state index in [4.69, 9.17) is 0 Å². The predicted octanol–water partition coefficient (Wildman–Crippen LogP) is 2.92. The molecule has 0 radical (unpaired) electrons. The van der Waals surface area contributed by atoms with Crippen LogP contribution in [0.1, 0.15) is 66.2 Å². The molecule has 1 atom stereocenters. The van der Waals surface area contributed by atoms with Gasteiger partial charge in [-0.2, -0.15) is 0 Å². The summed E-state index contributed by atoms with van der Waals surface area (Å²) in [7, 11) is 0. The summed E-state index contributed by atoms with van der Waals surface area (Å²) in [6.07, 6.45) is 3.25. The van der Waals surface area contributed by atoms with Gasteiger partial charge < -0.3 is 14.4 Å². The summed E-state index contributed by atoms with van der Waals surface area (Å²) >= 11 is 0. The van der Waals surface area contributed by atoms with Crippen LogP contribution in [0.15, 0.2) is 0 Å².